The van der Waals surface area contributed by atoms with Crippen LogP contribution in [0.2, 0.25) is 10.2 Å². The van der Waals surface area contributed by atoms with Crippen LogP contribution in [0, 0.1) is 5.41 Å². The SMILES string of the molecule is COc1ccc(CNc2cc(C(=O)c3ncc(N4CCC5(CCC5OC(=O)NCc5ccccc5)CC4)nc3Cl)ccn2)c(Cl)c1. The van der Waals surface area contributed by atoms with Gasteiger partial charge < -0.3 is 25.0 Å². The number of benzene rings is 2. The number of halogens is 2. The molecule has 1 unspecified atom stereocenters. The normalized spacial score (nSPS) is 16.8. The topological polar surface area (TPSA) is 119 Å². The van der Waals surface area contributed by atoms with Gasteiger partial charge in [0.25, 0.3) is 0 Å². The maximum atomic E-state index is 13.4. The molecule has 1 amide bonds. The molecule has 1 saturated carbocycles. The highest BCUT2D eigenvalue weighted by Gasteiger charge is 2.50. The number of nitrogens with zero attached hydrogens (tertiary/aromatic N) is 4. The van der Waals surface area contributed by atoms with E-state index in [0.29, 0.717) is 41.1 Å². The first-order valence-corrected chi connectivity index (χ1v) is 15.9. The average molecular weight is 662 g/mol. The van der Waals surface area contributed by atoms with E-state index in [0.717, 1.165) is 49.9 Å². The summed E-state index contributed by atoms with van der Waals surface area (Å²) >= 11 is 12.9. The number of aromatic nitrogens is 3. The molecule has 1 saturated heterocycles. The molecule has 10 nitrogen and oxygen atoms in total. The van der Waals surface area contributed by atoms with Gasteiger partial charge in [0, 0.05) is 48.4 Å². The van der Waals surface area contributed by atoms with Crippen molar-refractivity contribution in [2.24, 2.45) is 5.41 Å². The van der Waals surface area contributed by atoms with Gasteiger partial charge in [-0.15, -0.1) is 0 Å². The molecule has 0 radical (unpaired) electrons. The van der Waals surface area contributed by atoms with E-state index >= 15 is 0 Å². The number of anilines is 2. The van der Waals surface area contributed by atoms with Crippen LogP contribution in [0.15, 0.2) is 73.1 Å². The van der Waals surface area contributed by atoms with Gasteiger partial charge in [0.1, 0.15) is 29.2 Å². The highest BCUT2D eigenvalue weighted by Crippen LogP contribution is 2.51. The molecule has 6 rings (SSSR count). The van der Waals surface area contributed by atoms with Crippen molar-refractivity contribution >= 4 is 46.7 Å². The van der Waals surface area contributed by atoms with Crippen molar-refractivity contribution in [3.05, 3.63) is 106 Å². The monoisotopic (exact) mass is 660 g/mol. The Balaban J connectivity index is 1.03. The second-order valence-corrected chi connectivity index (χ2v) is 12.3. The van der Waals surface area contributed by atoms with Crippen molar-refractivity contribution in [3.8, 4) is 5.75 Å². The molecule has 1 aliphatic heterocycles. The largest absolute Gasteiger partial charge is 0.497 e. The Labute approximate surface area is 277 Å². The van der Waals surface area contributed by atoms with Gasteiger partial charge in [0.15, 0.2) is 5.15 Å². The number of alkyl carbamates (subject to hydrolysis) is 1. The summed E-state index contributed by atoms with van der Waals surface area (Å²) in [5, 5.41) is 6.66. The van der Waals surface area contributed by atoms with Crippen molar-refractivity contribution in [3.63, 3.8) is 0 Å². The quantitative estimate of drug-likeness (QED) is 0.179. The molecular formula is C34H34Cl2N6O4. The maximum absolute atomic E-state index is 13.4. The van der Waals surface area contributed by atoms with Crippen molar-refractivity contribution in [2.45, 2.75) is 44.9 Å². The lowest BCUT2D eigenvalue weighted by Gasteiger charge is -2.52. The third-order valence-electron chi connectivity index (χ3n) is 8.87. The first-order chi connectivity index (χ1) is 22.3. The van der Waals surface area contributed by atoms with E-state index in [9.17, 15) is 9.59 Å². The fourth-order valence-electron chi connectivity index (χ4n) is 6.00. The molecule has 2 aromatic carbocycles. The van der Waals surface area contributed by atoms with Gasteiger partial charge in [-0.25, -0.2) is 19.7 Å². The lowest BCUT2D eigenvalue weighted by molar-refractivity contribution is -0.0856. The van der Waals surface area contributed by atoms with Gasteiger partial charge in [-0.1, -0.05) is 59.6 Å². The van der Waals surface area contributed by atoms with Crippen LogP contribution in [0.25, 0.3) is 0 Å². The van der Waals surface area contributed by atoms with E-state index in [4.69, 9.17) is 32.7 Å². The summed E-state index contributed by atoms with van der Waals surface area (Å²) in [7, 11) is 1.58. The highest BCUT2D eigenvalue weighted by molar-refractivity contribution is 6.33. The Kier molecular flexibility index (Phi) is 9.56. The van der Waals surface area contributed by atoms with Crippen LogP contribution in [-0.4, -0.2) is 53.1 Å². The Morgan fingerprint density at radius 1 is 1.00 bits per heavy atom. The second kappa shape index (κ2) is 13.9. The second-order valence-electron chi connectivity index (χ2n) is 11.6. The van der Waals surface area contributed by atoms with Gasteiger partial charge in [-0.05, 0) is 61.1 Å². The van der Waals surface area contributed by atoms with Gasteiger partial charge in [0.2, 0.25) is 5.78 Å². The zero-order valence-corrected chi connectivity index (χ0v) is 26.9. The molecule has 1 spiro atoms. The number of amides is 1. The van der Waals surface area contributed by atoms with Crippen LogP contribution >= 0.6 is 23.2 Å². The van der Waals surface area contributed by atoms with E-state index in [1.165, 1.54) is 0 Å². The van der Waals surface area contributed by atoms with Crippen molar-refractivity contribution in [1.29, 1.82) is 0 Å². The summed E-state index contributed by atoms with van der Waals surface area (Å²) in [5.41, 5.74) is 2.31. The molecule has 2 aliphatic rings. The molecule has 12 heteroatoms. The molecule has 2 N–H and O–H groups in total. The summed E-state index contributed by atoms with van der Waals surface area (Å²) in [6, 6.07) is 18.5. The fourth-order valence-corrected chi connectivity index (χ4v) is 6.46. The number of hydrogen-bond acceptors (Lipinski definition) is 9. The fraction of sp³-hybridized carbons (Fsp3) is 0.324. The van der Waals surface area contributed by atoms with E-state index in [1.807, 2.05) is 42.5 Å². The summed E-state index contributed by atoms with van der Waals surface area (Å²) < 4.78 is 11.0. The summed E-state index contributed by atoms with van der Waals surface area (Å²) in [5.74, 6) is 1.44. The molecule has 1 aliphatic carbocycles. The minimum Gasteiger partial charge on any atom is -0.497 e. The Bertz CT molecular complexity index is 1720. The third-order valence-corrected chi connectivity index (χ3v) is 9.49. The number of rotatable bonds is 10. The highest BCUT2D eigenvalue weighted by atomic mass is 35.5. The molecule has 2 aromatic heterocycles. The van der Waals surface area contributed by atoms with Gasteiger partial charge in [0.05, 0.1) is 13.3 Å². The Morgan fingerprint density at radius 3 is 2.50 bits per heavy atom. The van der Waals surface area contributed by atoms with Crippen LogP contribution in [0.4, 0.5) is 16.4 Å². The molecule has 238 valence electrons. The van der Waals surface area contributed by atoms with Gasteiger partial charge in [-0.2, -0.15) is 0 Å². The van der Waals surface area contributed by atoms with Crippen LogP contribution in [0.1, 0.15) is 52.9 Å². The Hall–Kier alpha value is -4.41. The number of methoxy groups -OCH3 is 1. The van der Waals surface area contributed by atoms with Crippen LogP contribution in [0.5, 0.6) is 5.75 Å². The van der Waals surface area contributed by atoms with E-state index in [2.05, 4.69) is 30.5 Å². The first kappa shape index (κ1) is 31.6. The van der Waals surface area contributed by atoms with E-state index in [1.54, 1.807) is 37.7 Å². The molecule has 0 bridgehead atoms. The number of carbonyl (C=O) groups is 2. The van der Waals surface area contributed by atoms with Crippen molar-refractivity contribution in [2.75, 3.05) is 30.4 Å². The molecule has 1 atom stereocenters. The lowest BCUT2D eigenvalue weighted by Crippen LogP contribution is -2.54. The molecular weight excluding hydrogens is 627 g/mol. The molecule has 3 heterocycles. The molecule has 4 aromatic rings. The minimum atomic E-state index is -0.382. The number of pyridine rings is 1. The number of nitrogens with one attached hydrogen (secondary N) is 2. The minimum absolute atomic E-state index is 0.0283. The summed E-state index contributed by atoms with van der Waals surface area (Å²) in [6.07, 6.45) is 6.26. The van der Waals surface area contributed by atoms with Gasteiger partial charge in [-0.3, -0.25) is 4.79 Å². The average Bonchev–Trinajstić information content (AvgIpc) is 3.09. The van der Waals surface area contributed by atoms with E-state index in [-0.39, 0.29) is 34.2 Å². The molecule has 46 heavy (non-hydrogen) atoms. The summed E-state index contributed by atoms with van der Waals surface area (Å²) in [6.45, 7) is 2.29. The van der Waals surface area contributed by atoms with Crippen molar-refractivity contribution in [1.82, 2.24) is 20.3 Å². The lowest BCUT2D eigenvalue weighted by atomic mass is 9.61. The zero-order valence-electron chi connectivity index (χ0n) is 25.3. The summed E-state index contributed by atoms with van der Waals surface area (Å²) in [4.78, 5) is 41.2. The maximum Gasteiger partial charge on any atom is 0.407 e. The zero-order chi connectivity index (χ0) is 32.1. The number of ketones is 1. The number of hydrogen-bond donors (Lipinski definition) is 2. The van der Waals surface area contributed by atoms with Crippen molar-refractivity contribution < 1.29 is 19.1 Å². The number of carbonyl (C=O) groups excluding carboxylic acids is 2. The van der Waals surface area contributed by atoms with E-state index < -0.39 is 0 Å². The first-order valence-electron chi connectivity index (χ1n) is 15.2. The smallest absolute Gasteiger partial charge is 0.407 e. The third kappa shape index (κ3) is 7.03. The van der Waals surface area contributed by atoms with Crippen LogP contribution < -0.4 is 20.3 Å². The van der Waals surface area contributed by atoms with Crippen LogP contribution in [-0.2, 0) is 17.8 Å². The predicted octanol–water partition coefficient (Wildman–Crippen LogP) is 6.71. The number of ether oxygens (including phenoxy) is 2. The Morgan fingerprint density at radius 2 is 1.80 bits per heavy atom. The van der Waals surface area contributed by atoms with Crippen LogP contribution in [0.3, 0.4) is 0 Å². The predicted molar refractivity (Wildman–Crippen MR) is 177 cm³/mol. The molecule has 2 fully saturated rings. The number of piperidine rings is 1. The standard InChI is InChI=1S/C34H34Cl2N6O4/c1-45-25-8-7-24(26(35)18-25)20-38-28-17-23(10-14-37-28)31(43)30-32(36)41-29(21-39-30)42-15-12-34(13-16-42)11-9-27(34)46-33(44)40-19-22-5-3-2-4-6-22/h2-8,10,14,17-18,21,27H,9,11-13,15-16,19-20H2,1H3,(H,37,38)(H,40,44). The van der Waals surface area contributed by atoms with Gasteiger partial charge >= 0.3 is 6.09 Å².